The number of para-hydroxylation sites is 1. The molecule has 2 aromatic carbocycles. The van der Waals surface area contributed by atoms with E-state index in [1.807, 2.05) is 24.3 Å². The first-order valence-electron chi connectivity index (χ1n) is 8.60. The normalized spacial score (nSPS) is 15.0. The number of nitrogens with two attached hydrogens (primary N) is 1. The first-order valence-corrected chi connectivity index (χ1v) is 8.98. The predicted molar refractivity (Wildman–Crippen MR) is 105 cm³/mol. The summed E-state index contributed by atoms with van der Waals surface area (Å²) in [5.74, 6) is 3.07. The molecule has 4 rings (SSSR count). The Morgan fingerprint density at radius 1 is 1.31 bits per heavy atom. The molecule has 0 radical (unpaired) electrons. The summed E-state index contributed by atoms with van der Waals surface area (Å²) in [5, 5.41) is 1.38. The van der Waals surface area contributed by atoms with E-state index in [1.54, 1.807) is 10.6 Å². The van der Waals surface area contributed by atoms with Crippen molar-refractivity contribution in [3.8, 4) is 18.0 Å². The van der Waals surface area contributed by atoms with Gasteiger partial charge in [0.2, 0.25) is 0 Å². The van der Waals surface area contributed by atoms with Crippen LogP contribution in [0.4, 0.5) is 0 Å². The van der Waals surface area contributed by atoms with Gasteiger partial charge in [0.15, 0.2) is 0 Å². The highest BCUT2D eigenvalue weighted by Gasteiger charge is 2.25. The zero-order chi connectivity index (χ0) is 18.3. The van der Waals surface area contributed by atoms with E-state index in [0.717, 1.165) is 10.9 Å². The van der Waals surface area contributed by atoms with E-state index in [4.69, 9.17) is 23.8 Å². The Kier molecular flexibility index (Phi) is 4.28. The van der Waals surface area contributed by atoms with Gasteiger partial charge in [0.1, 0.15) is 0 Å². The zero-order valence-electron chi connectivity index (χ0n) is 14.2. The summed E-state index contributed by atoms with van der Waals surface area (Å²) in [5.41, 5.74) is 8.80. The molecule has 0 spiro atoms. The Labute approximate surface area is 156 Å². The average Bonchev–Trinajstić information content (AvgIpc) is 3.47. The van der Waals surface area contributed by atoms with Crippen LogP contribution in [0.1, 0.15) is 30.0 Å². The molecule has 4 nitrogen and oxygen atoms in total. The Morgan fingerprint density at radius 3 is 2.77 bits per heavy atom. The lowest BCUT2D eigenvalue weighted by atomic mass is 10.0. The van der Waals surface area contributed by atoms with Crippen LogP contribution in [-0.4, -0.2) is 15.6 Å². The topological polar surface area (TPSA) is 60.9 Å². The maximum absolute atomic E-state index is 12.9. The highest BCUT2D eigenvalue weighted by atomic mass is 35.5. The highest BCUT2D eigenvalue weighted by molar-refractivity contribution is 6.32. The first kappa shape index (κ1) is 16.8. The number of hydrogen-bond acceptors (Lipinski definition) is 3. The lowest BCUT2D eigenvalue weighted by molar-refractivity contribution is 0.797. The number of rotatable bonds is 4. The van der Waals surface area contributed by atoms with Crippen LogP contribution >= 0.6 is 11.6 Å². The predicted octanol–water partition coefficient (Wildman–Crippen LogP) is 3.42. The van der Waals surface area contributed by atoms with Gasteiger partial charge < -0.3 is 5.73 Å². The molecule has 0 amide bonds. The van der Waals surface area contributed by atoms with Crippen molar-refractivity contribution in [2.75, 3.05) is 0 Å². The largest absolute Gasteiger partial charge is 0.352 e. The molecule has 0 saturated heterocycles. The second-order valence-corrected chi connectivity index (χ2v) is 7.06. The molecule has 1 aromatic heterocycles. The minimum absolute atomic E-state index is 0.356. The Bertz CT molecular complexity index is 1090. The summed E-state index contributed by atoms with van der Waals surface area (Å²) >= 11 is 6.36. The first-order chi connectivity index (χ1) is 12.6. The van der Waals surface area contributed by atoms with Crippen LogP contribution in [0.5, 0.6) is 0 Å². The van der Waals surface area contributed by atoms with Crippen molar-refractivity contribution in [2.24, 2.45) is 5.73 Å². The van der Waals surface area contributed by atoms with Crippen LogP contribution in [0, 0.1) is 12.3 Å². The van der Waals surface area contributed by atoms with Crippen molar-refractivity contribution < 1.29 is 0 Å². The van der Waals surface area contributed by atoms with Crippen LogP contribution in [-0.2, 0) is 6.42 Å². The van der Waals surface area contributed by atoms with Crippen LogP contribution in [0.25, 0.3) is 16.6 Å². The molecule has 26 heavy (non-hydrogen) atoms. The molecule has 3 aromatic rings. The summed E-state index contributed by atoms with van der Waals surface area (Å²) in [6.45, 7) is 0. The van der Waals surface area contributed by atoms with E-state index >= 15 is 0 Å². The van der Waals surface area contributed by atoms with Gasteiger partial charge >= 0.3 is 5.69 Å². The van der Waals surface area contributed by atoms with Gasteiger partial charge in [0.05, 0.1) is 28.0 Å². The molecular formula is C21H18ClN3O. The van der Waals surface area contributed by atoms with Crippen LogP contribution < -0.4 is 11.4 Å². The van der Waals surface area contributed by atoms with Crippen molar-refractivity contribution in [3.05, 3.63) is 69.2 Å². The van der Waals surface area contributed by atoms with Crippen molar-refractivity contribution in [3.63, 3.8) is 0 Å². The molecule has 1 heterocycles. The molecule has 1 saturated carbocycles. The fourth-order valence-corrected chi connectivity index (χ4v) is 3.49. The van der Waals surface area contributed by atoms with Gasteiger partial charge in [-0.25, -0.2) is 4.79 Å². The van der Waals surface area contributed by atoms with E-state index in [2.05, 4.69) is 23.0 Å². The van der Waals surface area contributed by atoms with Gasteiger partial charge in [-0.1, -0.05) is 41.8 Å². The maximum atomic E-state index is 12.9. The monoisotopic (exact) mass is 363 g/mol. The number of benzene rings is 2. The second kappa shape index (κ2) is 6.60. The third kappa shape index (κ3) is 3.01. The van der Waals surface area contributed by atoms with Crippen LogP contribution in [0.15, 0.2) is 47.3 Å². The molecule has 1 fully saturated rings. The average molecular weight is 364 g/mol. The van der Waals surface area contributed by atoms with Crippen molar-refractivity contribution >= 4 is 22.5 Å². The van der Waals surface area contributed by atoms with Crippen LogP contribution in [0.2, 0.25) is 5.02 Å². The number of aromatic nitrogens is 2. The molecule has 0 aliphatic heterocycles. The molecule has 2 N–H and O–H groups in total. The molecule has 130 valence electrons. The van der Waals surface area contributed by atoms with E-state index in [9.17, 15) is 4.79 Å². The summed E-state index contributed by atoms with van der Waals surface area (Å²) in [6.07, 6.45) is 8.13. The minimum atomic E-state index is -0.482. The van der Waals surface area contributed by atoms with Gasteiger partial charge in [0, 0.05) is 11.8 Å². The number of terminal acetylenes is 1. The number of hydrogen-bond donors (Lipinski definition) is 1. The molecule has 0 unspecified atom stereocenters. The zero-order valence-corrected chi connectivity index (χ0v) is 14.9. The Balaban J connectivity index is 2.02. The van der Waals surface area contributed by atoms with Gasteiger partial charge in [-0.2, -0.15) is 4.98 Å². The van der Waals surface area contributed by atoms with Gasteiger partial charge in [-0.05, 0) is 42.5 Å². The Morgan fingerprint density at radius 2 is 2.08 bits per heavy atom. The smallest absolute Gasteiger partial charge is 0.317 e. The molecule has 0 bridgehead atoms. The van der Waals surface area contributed by atoms with Crippen molar-refractivity contribution in [1.29, 1.82) is 0 Å². The van der Waals surface area contributed by atoms with Gasteiger partial charge in [-0.15, -0.1) is 6.42 Å². The van der Waals surface area contributed by atoms with E-state index < -0.39 is 6.04 Å². The highest BCUT2D eigenvalue weighted by Crippen LogP contribution is 2.41. The third-order valence-corrected chi connectivity index (χ3v) is 5.08. The maximum Gasteiger partial charge on any atom is 0.352 e. The van der Waals surface area contributed by atoms with Crippen LogP contribution in [0.3, 0.4) is 0 Å². The number of nitrogens with zero attached hydrogens (tertiary/aromatic N) is 2. The molecule has 1 aliphatic rings. The van der Waals surface area contributed by atoms with E-state index in [0.29, 0.717) is 28.7 Å². The summed E-state index contributed by atoms with van der Waals surface area (Å²) in [4.78, 5) is 17.1. The van der Waals surface area contributed by atoms with Crippen molar-refractivity contribution in [1.82, 2.24) is 9.55 Å². The SMILES string of the molecule is C#C[C@H](N)Cc1nc(=O)n(-c2ccccc2Cl)c2cc(C3CC3)ccc12. The number of halogens is 1. The molecular weight excluding hydrogens is 346 g/mol. The Hall–Kier alpha value is -2.61. The molecule has 5 heteroatoms. The lowest BCUT2D eigenvalue weighted by Gasteiger charge is -2.15. The summed E-state index contributed by atoms with van der Waals surface area (Å²) in [6, 6.07) is 13.0. The summed E-state index contributed by atoms with van der Waals surface area (Å²) < 4.78 is 1.58. The summed E-state index contributed by atoms with van der Waals surface area (Å²) in [7, 11) is 0. The third-order valence-electron chi connectivity index (χ3n) is 4.76. The minimum Gasteiger partial charge on any atom is -0.317 e. The fraction of sp³-hybridized carbons (Fsp3) is 0.238. The fourth-order valence-electron chi connectivity index (χ4n) is 3.27. The quantitative estimate of drug-likeness (QED) is 0.722. The van der Waals surface area contributed by atoms with E-state index in [-0.39, 0.29) is 5.69 Å². The van der Waals surface area contributed by atoms with Gasteiger partial charge in [-0.3, -0.25) is 4.57 Å². The second-order valence-electron chi connectivity index (χ2n) is 6.66. The van der Waals surface area contributed by atoms with Gasteiger partial charge in [0.25, 0.3) is 0 Å². The molecule has 1 aliphatic carbocycles. The molecule has 1 atom stereocenters. The van der Waals surface area contributed by atoms with E-state index in [1.165, 1.54) is 18.4 Å². The standard InChI is InChI=1S/C21H18ClN3O/c1-2-15(23)12-18-16-10-9-14(13-7-8-13)11-20(16)25(21(26)24-18)19-6-4-3-5-17(19)22/h1,3-6,9-11,13,15H,7-8,12,23H2/t15-/m0/s1. The van der Waals surface area contributed by atoms with Crippen molar-refractivity contribution in [2.45, 2.75) is 31.2 Å². The lowest BCUT2D eigenvalue weighted by Crippen LogP contribution is -2.27. The number of fused-ring (bicyclic) bond motifs is 1.